The third kappa shape index (κ3) is 6.89. The van der Waals surface area contributed by atoms with Crippen LogP contribution in [-0.4, -0.2) is 76.1 Å². The van der Waals surface area contributed by atoms with Crippen molar-refractivity contribution in [3.05, 3.63) is 59.1 Å². The fraction of sp³-hybridized carbons (Fsp3) is 0.379. The highest BCUT2D eigenvalue weighted by Gasteiger charge is 2.29. The van der Waals surface area contributed by atoms with Gasteiger partial charge in [-0.25, -0.2) is 9.59 Å². The highest BCUT2D eigenvalue weighted by molar-refractivity contribution is 7.19. The number of H-pyrrole nitrogens is 1. The number of carboxylic acids is 2. The third-order valence-electron chi connectivity index (χ3n) is 6.99. The first-order chi connectivity index (χ1) is 18.7. The predicted molar refractivity (Wildman–Crippen MR) is 151 cm³/mol. The largest absolute Gasteiger partial charge is 0.496 e. The van der Waals surface area contributed by atoms with Gasteiger partial charge in [0.1, 0.15) is 24.2 Å². The van der Waals surface area contributed by atoms with E-state index in [-0.39, 0.29) is 0 Å². The molecule has 1 fully saturated rings. The Morgan fingerprint density at radius 1 is 1.10 bits per heavy atom. The quantitative estimate of drug-likeness (QED) is 0.238. The number of carbonyl (C=O) groups is 2. The number of likely N-dealkylation sites (tertiary alicyclic amines) is 1. The number of rotatable bonds is 7. The average Bonchev–Trinajstić information content (AvgIpc) is 3.52. The molecule has 0 saturated carbocycles. The van der Waals surface area contributed by atoms with Crippen LogP contribution in [0.5, 0.6) is 11.5 Å². The van der Waals surface area contributed by atoms with Crippen LogP contribution in [0.4, 0.5) is 0 Å². The van der Waals surface area contributed by atoms with Crippen molar-refractivity contribution in [1.82, 2.24) is 9.88 Å². The van der Waals surface area contributed by atoms with Gasteiger partial charge in [0.15, 0.2) is 0 Å². The van der Waals surface area contributed by atoms with Crippen molar-refractivity contribution < 1.29 is 34.4 Å². The molecule has 0 aliphatic carbocycles. The number of aromatic nitrogens is 1. The van der Waals surface area contributed by atoms with E-state index in [0.29, 0.717) is 25.1 Å². The van der Waals surface area contributed by atoms with Gasteiger partial charge in [0.25, 0.3) is 0 Å². The number of methoxy groups -OCH3 is 1. The minimum absolute atomic E-state index is 0.298. The molecule has 3 heterocycles. The van der Waals surface area contributed by atoms with E-state index in [1.165, 1.54) is 15.0 Å². The first kappa shape index (κ1) is 28.4. The van der Waals surface area contributed by atoms with Crippen molar-refractivity contribution in [2.75, 3.05) is 26.8 Å². The average molecular weight is 555 g/mol. The van der Waals surface area contributed by atoms with Crippen LogP contribution in [0.2, 0.25) is 0 Å². The van der Waals surface area contributed by atoms with Gasteiger partial charge in [0.2, 0.25) is 0 Å². The fourth-order valence-electron chi connectivity index (χ4n) is 5.09. The number of aliphatic hydroxyl groups is 1. The zero-order chi connectivity index (χ0) is 28.1. The topological polar surface area (TPSA) is 132 Å². The summed E-state index contributed by atoms with van der Waals surface area (Å²) < 4.78 is 12.8. The van der Waals surface area contributed by atoms with Gasteiger partial charge in [0.05, 0.1) is 7.11 Å². The van der Waals surface area contributed by atoms with Crippen LogP contribution in [0, 0.1) is 6.92 Å². The molecule has 39 heavy (non-hydrogen) atoms. The van der Waals surface area contributed by atoms with Crippen LogP contribution in [-0.2, 0) is 9.59 Å². The number of carboxylic acid groups (broad SMARTS) is 2. The van der Waals surface area contributed by atoms with Crippen LogP contribution >= 0.6 is 11.3 Å². The van der Waals surface area contributed by atoms with Crippen molar-refractivity contribution in [3.8, 4) is 11.5 Å². The number of hydrogen-bond donors (Lipinski definition) is 4. The fourth-order valence-corrected chi connectivity index (χ4v) is 6.31. The molecular formula is C29H34N2O7S. The molecule has 10 heteroatoms. The Bertz CT molecular complexity index is 1430. The number of nitrogens with zero attached hydrogens (tertiary/aromatic N) is 1. The van der Waals surface area contributed by atoms with Gasteiger partial charge in [-0.15, -0.1) is 11.3 Å². The summed E-state index contributed by atoms with van der Waals surface area (Å²) in [7, 11) is 1.74. The number of piperidine rings is 1. The zero-order valence-electron chi connectivity index (χ0n) is 22.2. The lowest BCUT2D eigenvalue weighted by molar-refractivity contribution is -0.159. The number of fused-ring (bicyclic) bond motifs is 2. The Kier molecular flexibility index (Phi) is 9.11. The van der Waals surface area contributed by atoms with E-state index >= 15 is 0 Å². The van der Waals surface area contributed by atoms with Crippen LogP contribution in [0.25, 0.3) is 21.0 Å². The molecule has 4 aromatic rings. The molecule has 2 aromatic carbocycles. The number of thiophene rings is 1. The molecule has 9 nitrogen and oxygen atoms in total. The summed E-state index contributed by atoms with van der Waals surface area (Å²) >= 11 is 1.89. The van der Waals surface area contributed by atoms with E-state index in [9.17, 15) is 5.11 Å². The standard InChI is InChI=1S/C27H32N2O3S.C2H2O4/c1-17-12-21-23(28-17)6-4-8-25(21)32-16-20(30)15-29-11-10-19(13-18(29)2)27-14-22-24(31-3)7-5-9-26(22)33-27;3-1(4)2(5)6/h4-9,12,14,18-20,28,30H,10-11,13,15-16H2,1-3H3;(H,3,4)(H,5,6)/t18-,19-,20-;/m0./s1. The van der Waals surface area contributed by atoms with E-state index < -0.39 is 18.0 Å². The van der Waals surface area contributed by atoms with E-state index in [0.717, 1.165) is 47.5 Å². The molecule has 1 aliphatic rings. The Morgan fingerprint density at radius 2 is 1.82 bits per heavy atom. The maximum Gasteiger partial charge on any atom is 0.414 e. The smallest absolute Gasteiger partial charge is 0.414 e. The van der Waals surface area contributed by atoms with Crippen molar-refractivity contribution in [1.29, 1.82) is 0 Å². The van der Waals surface area contributed by atoms with Gasteiger partial charge in [-0.1, -0.05) is 12.1 Å². The number of hydrogen-bond acceptors (Lipinski definition) is 7. The molecule has 0 radical (unpaired) electrons. The molecule has 208 valence electrons. The molecule has 1 aliphatic heterocycles. The zero-order valence-corrected chi connectivity index (χ0v) is 23.0. The Balaban J connectivity index is 0.000000531. The molecule has 4 N–H and O–H groups in total. The minimum Gasteiger partial charge on any atom is -0.496 e. The lowest BCUT2D eigenvalue weighted by Gasteiger charge is -2.38. The number of benzene rings is 2. The summed E-state index contributed by atoms with van der Waals surface area (Å²) in [5, 5.41) is 27.8. The molecule has 0 unspecified atom stereocenters. The molecular weight excluding hydrogens is 520 g/mol. The van der Waals surface area contributed by atoms with Gasteiger partial charge in [-0.2, -0.15) is 0 Å². The number of aryl methyl sites for hydroxylation is 1. The maximum atomic E-state index is 10.7. The second-order valence-electron chi connectivity index (χ2n) is 9.83. The van der Waals surface area contributed by atoms with Crippen LogP contribution in [0.3, 0.4) is 0 Å². The van der Waals surface area contributed by atoms with E-state index in [4.69, 9.17) is 29.3 Å². The maximum absolute atomic E-state index is 10.7. The first-order valence-electron chi connectivity index (χ1n) is 12.8. The van der Waals surface area contributed by atoms with Crippen molar-refractivity contribution in [2.45, 2.75) is 44.8 Å². The number of aliphatic hydroxyl groups excluding tert-OH is 1. The summed E-state index contributed by atoms with van der Waals surface area (Å²) in [4.78, 5) is 25.4. The normalized spacial score (nSPS) is 18.4. The minimum atomic E-state index is -1.82. The summed E-state index contributed by atoms with van der Waals surface area (Å²) in [5.41, 5.74) is 2.17. The summed E-state index contributed by atoms with van der Waals surface area (Å²) in [5.74, 6) is -1.32. The van der Waals surface area contributed by atoms with E-state index in [2.05, 4.69) is 41.1 Å². The van der Waals surface area contributed by atoms with E-state index in [1.807, 2.05) is 42.5 Å². The monoisotopic (exact) mass is 554 g/mol. The van der Waals surface area contributed by atoms with Crippen molar-refractivity contribution >= 4 is 44.3 Å². The van der Waals surface area contributed by atoms with Gasteiger partial charge >= 0.3 is 11.9 Å². The molecule has 0 spiro atoms. The third-order valence-corrected chi connectivity index (χ3v) is 8.26. The summed E-state index contributed by atoms with van der Waals surface area (Å²) in [6.45, 7) is 6.24. The second-order valence-corrected chi connectivity index (χ2v) is 10.9. The predicted octanol–water partition coefficient (Wildman–Crippen LogP) is 4.86. The lowest BCUT2D eigenvalue weighted by Crippen LogP contribution is -2.45. The Hall–Kier alpha value is -3.60. The number of aromatic amines is 1. The SMILES string of the molecule is COc1cccc2sc([C@H]3CCN(C[C@H](O)COc4cccc5[nH]c(C)cc45)[C@@H](C)C3)cc12.O=C(O)C(=O)O. The lowest BCUT2D eigenvalue weighted by atomic mass is 9.90. The Labute approximate surface area is 230 Å². The van der Waals surface area contributed by atoms with Gasteiger partial charge in [-0.3, -0.25) is 4.90 Å². The molecule has 1 saturated heterocycles. The van der Waals surface area contributed by atoms with Crippen LogP contribution in [0.1, 0.15) is 36.3 Å². The molecule has 2 aromatic heterocycles. The van der Waals surface area contributed by atoms with Crippen LogP contribution < -0.4 is 9.47 Å². The summed E-state index contributed by atoms with van der Waals surface area (Å²) in [6.07, 6.45) is 1.69. The second kappa shape index (κ2) is 12.5. The molecule has 3 atom stereocenters. The highest BCUT2D eigenvalue weighted by Crippen LogP contribution is 2.40. The number of nitrogens with one attached hydrogen (secondary N) is 1. The molecule has 5 rings (SSSR count). The molecule has 0 bridgehead atoms. The Morgan fingerprint density at radius 3 is 2.51 bits per heavy atom. The highest BCUT2D eigenvalue weighted by atomic mass is 32.1. The van der Waals surface area contributed by atoms with Crippen molar-refractivity contribution in [2.24, 2.45) is 0 Å². The van der Waals surface area contributed by atoms with Crippen molar-refractivity contribution in [3.63, 3.8) is 0 Å². The number of β-amino-alcohol motifs (C(OH)–C–C–N with tert-alkyl or cyclic N) is 1. The summed E-state index contributed by atoms with van der Waals surface area (Å²) in [6, 6.07) is 17.1. The van der Waals surface area contributed by atoms with E-state index in [1.54, 1.807) is 7.11 Å². The van der Waals surface area contributed by atoms with Gasteiger partial charge in [-0.05, 0) is 75.5 Å². The van der Waals surface area contributed by atoms with Gasteiger partial charge in [0, 0.05) is 44.1 Å². The molecule has 0 amide bonds. The number of aliphatic carboxylic acids is 2. The van der Waals surface area contributed by atoms with Crippen LogP contribution in [0.15, 0.2) is 48.5 Å². The van der Waals surface area contributed by atoms with Gasteiger partial charge < -0.3 is 29.8 Å². The number of ether oxygens (including phenoxy) is 2. The first-order valence-corrected chi connectivity index (χ1v) is 13.6.